The predicted octanol–water partition coefficient (Wildman–Crippen LogP) is 4.20. The molecular weight excluding hydrogens is 260 g/mol. The highest BCUT2D eigenvalue weighted by atomic mass is 16.5. The molecule has 0 N–H and O–H groups in total. The summed E-state index contributed by atoms with van der Waals surface area (Å²) >= 11 is 0. The van der Waals surface area contributed by atoms with E-state index in [4.69, 9.17) is 4.74 Å². The Labute approximate surface area is 123 Å². The zero-order valence-electron chi connectivity index (χ0n) is 11.9. The molecule has 0 radical (unpaired) electrons. The molecule has 0 saturated heterocycles. The van der Waals surface area contributed by atoms with E-state index in [1.165, 1.54) is 0 Å². The molecule has 104 valence electrons. The molecule has 0 fully saturated rings. The Balaban J connectivity index is 1.87. The molecule has 2 heterocycles. The number of pyridine rings is 2. The maximum absolute atomic E-state index is 5.44. The average Bonchev–Trinajstić information content (AvgIpc) is 2.54. The van der Waals surface area contributed by atoms with E-state index in [2.05, 4.69) is 22.1 Å². The van der Waals surface area contributed by atoms with Crippen molar-refractivity contribution >= 4 is 23.1 Å². The van der Waals surface area contributed by atoms with Gasteiger partial charge in [-0.2, -0.15) is 0 Å². The average molecular weight is 276 g/mol. The maximum Gasteiger partial charge on any atom is 0.119 e. The molecule has 0 atom stereocenters. The molecule has 1 aromatic carbocycles. The van der Waals surface area contributed by atoms with Crippen LogP contribution >= 0.6 is 0 Å². The van der Waals surface area contributed by atoms with Crippen LogP contribution in [-0.4, -0.2) is 16.6 Å². The molecule has 3 heteroatoms. The lowest BCUT2D eigenvalue weighted by Crippen LogP contribution is -1.90. The van der Waals surface area contributed by atoms with Crippen LogP contribution in [0, 0.1) is 0 Å². The fraction of sp³-hybridized carbons (Fsp3) is 0.111. The van der Waals surface area contributed by atoms with Gasteiger partial charge in [0.05, 0.1) is 18.3 Å². The standard InChI is InChI=1S/C18H16N2O/c1-2-21-16-7-4-14(5-8-16)3-6-15-9-12-20-18-13-19-11-10-17(15)18/h3-13H,2H2,1H3/b6-3+. The summed E-state index contributed by atoms with van der Waals surface area (Å²) in [6.07, 6.45) is 9.56. The predicted molar refractivity (Wildman–Crippen MR) is 86.1 cm³/mol. The molecule has 21 heavy (non-hydrogen) atoms. The van der Waals surface area contributed by atoms with Crippen LogP contribution in [0.25, 0.3) is 23.1 Å². The van der Waals surface area contributed by atoms with Crippen molar-refractivity contribution in [3.63, 3.8) is 0 Å². The third-order valence-corrected chi connectivity index (χ3v) is 3.23. The molecule has 3 aromatic rings. The molecule has 0 saturated carbocycles. The number of hydrogen-bond acceptors (Lipinski definition) is 3. The van der Waals surface area contributed by atoms with Gasteiger partial charge in [0.2, 0.25) is 0 Å². The van der Waals surface area contributed by atoms with Gasteiger partial charge in [-0.1, -0.05) is 24.3 Å². The lowest BCUT2D eigenvalue weighted by molar-refractivity contribution is 0.340. The molecule has 3 rings (SSSR count). The van der Waals surface area contributed by atoms with E-state index in [0.717, 1.165) is 27.8 Å². The fourth-order valence-electron chi connectivity index (χ4n) is 2.19. The van der Waals surface area contributed by atoms with Crippen molar-refractivity contribution in [2.75, 3.05) is 6.61 Å². The van der Waals surface area contributed by atoms with Crippen LogP contribution < -0.4 is 4.74 Å². The summed E-state index contributed by atoms with van der Waals surface area (Å²) in [6, 6.07) is 12.1. The van der Waals surface area contributed by atoms with Gasteiger partial charge in [-0.25, -0.2) is 0 Å². The Bertz CT molecular complexity index is 758. The second-order valence-corrected chi connectivity index (χ2v) is 4.63. The van der Waals surface area contributed by atoms with Gasteiger partial charge in [0.15, 0.2) is 0 Å². The zero-order chi connectivity index (χ0) is 14.5. The normalized spacial score (nSPS) is 11.1. The Morgan fingerprint density at radius 1 is 1.00 bits per heavy atom. The lowest BCUT2D eigenvalue weighted by atomic mass is 10.1. The molecule has 0 aliphatic heterocycles. The monoisotopic (exact) mass is 276 g/mol. The second-order valence-electron chi connectivity index (χ2n) is 4.63. The van der Waals surface area contributed by atoms with Gasteiger partial charge in [0.1, 0.15) is 5.75 Å². The summed E-state index contributed by atoms with van der Waals surface area (Å²) in [4.78, 5) is 8.41. The Morgan fingerprint density at radius 2 is 1.86 bits per heavy atom. The number of hydrogen-bond donors (Lipinski definition) is 0. The number of fused-ring (bicyclic) bond motifs is 1. The number of nitrogens with zero attached hydrogens (tertiary/aromatic N) is 2. The highest BCUT2D eigenvalue weighted by Crippen LogP contribution is 2.19. The SMILES string of the molecule is CCOc1ccc(/C=C/c2ccnc3cnccc23)cc1. The Kier molecular flexibility index (Phi) is 3.92. The lowest BCUT2D eigenvalue weighted by Gasteiger charge is -2.03. The van der Waals surface area contributed by atoms with E-state index < -0.39 is 0 Å². The minimum Gasteiger partial charge on any atom is -0.494 e. The number of benzene rings is 1. The van der Waals surface area contributed by atoms with Crippen molar-refractivity contribution in [1.82, 2.24) is 9.97 Å². The maximum atomic E-state index is 5.44. The van der Waals surface area contributed by atoms with Gasteiger partial charge < -0.3 is 4.74 Å². The van der Waals surface area contributed by atoms with Gasteiger partial charge in [-0.05, 0) is 42.3 Å². The number of ether oxygens (including phenoxy) is 1. The quantitative estimate of drug-likeness (QED) is 0.716. The topological polar surface area (TPSA) is 35.0 Å². The van der Waals surface area contributed by atoms with Crippen LogP contribution in [0.5, 0.6) is 5.75 Å². The van der Waals surface area contributed by atoms with Crippen molar-refractivity contribution in [3.8, 4) is 5.75 Å². The number of aromatic nitrogens is 2. The summed E-state index contributed by atoms with van der Waals surface area (Å²) in [6.45, 7) is 2.67. The molecule has 3 nitrogen and oxygen atoms in total. The third-order valence-electron chi connectivity index (χ3n) is 3.23. The summed E-state index contributed by atoms with van der Waals surface area (Å²) in [7, 11) is 0. The van der Waals surface area contributed by atoms with E-state index >= 15 is 0 Å². The molecule has 0 aliphatic rings. The molecule has 0 bridgehead atoms. The number of rotatable bonds is 4. The molecule has 2 aromatic heterocycles. The van der Waals surface area contributed by atoms with Gasteiger partial charge in [0, 0.05) is 17.8 Å². The largest absolute Gasteiger partial charge is 0.494 e. The van der Waals surface area contributed by atoms with Crippen LogP contribution in [0.15, 0.2) is 55.0 Å². The molecule has 0 spiro atoms. The first kappa shape index (κ1) is 13.3. The first-order valence-corrected chi connectivity index (χ1v) is 6.96. The van der Waals surface area contributed by atoms with Crippen LogP contribution in [-0.2, 0) is 0 Å². The molecule has 0 unspecified atom stereocenters. The van der Waals surface area contributed by atoms with Crippen LogP contribution in [0.4, 0.5) is 0 Å². The van der Waals surface area contributed by atoms with Crippen molar-refractivity contribution in [2.45, 2.75) is 6.92 Å². The smallest absolute Gasteiger partial charge is 0.119 e. The Morgan fingerprint density at radius 3 is 2.67 bits per heavy atom. The summed E-state index contributed by atoms with van der Waals surface area (Å²) in [5, 5.41) is 1.11. The summed E-state index contributed by atoms with van der Waals surface area (Å²) in [5.74, 6) is 0.898. The van der Waals surface area contributed by atoms with E-state index in [1.54, 1.807) is 12.4 Å². The van der Waals surface area contributed by atoms with E-state index in [1.807, 2.05) is 49.5 Å². The third kappa shape index (κ3) is 3.08. The zero-order valence-corrected chi connectivity index (χ0v) is 11.9. The van der Waals surface area contributed by atoms with Crippen LogP contribution in [0.1, 0.15) is 18.1 Å². The summed E-state index contributed by atoms with van der Waals surface area (Å²) < 4.78 is 5.44. The molecule has 0 amide bonds. The summed E-state index contributed by atoms with van der Waals surface area (Å²) in [5.41, 5.74) is 3.18. The molecular formula is C18H16N2O. The van der Waals surface area contributed by atoms with Gasteiger partial charge in [-0.15, -0.1) is 0 Å². The van der Waals surface area contributed by atoms with E-state index in [9.17, 15) is 0 Å². The van der Waals surface area contributed by atoms with Gasteiger partial charge in [0.25, 0.3) is 0 Å². The van der Waals surface area contributed by atoms with Crippen molar-refractivity contribution in [2.24, 2.45) is 0 Å². The second kappa shape index (κ2) is 6.18. The minimum absolute atomic E-state index is 0.687. The molecule has 0 aliphatic carbocycles. The van der Waals surface area contributed by atoms with Crippen molar-refractivity contribution < 1.29 is 4.74 Å². The van der Waals surface area contributed by atoms with Crippen molar-refractivity contribution in [1.29, 1.82) is 0 Å². The first-order valence-electron chi connectivity index (χ1n) is 6.96. The fourth-order valence-corrected chi connectivity index (χ4v) is 2.19. The first-order chi connectivity index (χ1) is 10.4. The van der Waals surface area contributed by atoms with Crippen LogP contribution in [0.2, 0.25) is 0 Å². The highest BCUT2D eigenvalue weighted by molar-refractivity contribution is 5.89. The van der Waals surface area contributed by atoms with Gasteiger partial charge in [-0.3, -0.25) is 9.97 Å². The van der Waals surface area contributed by atoms with Gasteiger partial charge >= 0.3 is 0 Å². The van der Waals surface area contributed by atoms with E-state index in [-0.39, 0.29) is 0 Å². The Hall–Kier alpha value is -2.68. The van der Waals surface area contributed by atoms with E-state index in [0.29, 0.717) is 6.61 Å². The van der Waals surface area contributed by atoms with Crippen molar-refractivity contribution in [3.05, 3.63) is 66.1 Å². The van der Waals surface area contributed by atoms with Crippen LogP contribution in [0.3, 0.4) is 0 Å². The minimum atomic E-state index is 0.687. The highest BCUT2D eigenvalue weighted by Gasteiger charge is 1.98.